The van der Waals surface area contributed by atoms with Gasteiger partial charge in [-0.2, -0.15) is 0 Å². The van der Waals surface area contributed by atoms with Gasteiger partial charge in [0.25, 0.3) is 0 Å². The van der Waals surface area contributed by atoms with Gasteiger partial charge in [0.15, 0.2) is 23.3 Å². The second kappa shape index (κ2) is 10.5. The van der Waals surface area contributed by atoms with Crippen LogP contribution in [-0.4, -0.2) is 12.6 Å². The summed E-state index contributed by atoms with van der Waals surface area (Å²) in [5.74, 6) is -5.59. The number of fused-ring (bicyclic) bond motifs is 1. The number of amides is 1. The van der Waals surface area contributed by atoms with E-state index in [0.29, 0.717) is 12.2 Å². The average Bonchev–Trinajstić information content (AvgIpc) is 2.85. The number of halogens is 4. The lowest BCUT2D eigenvalue weighted by atomic mass is 9.81. The quantitative estimate of drug-likeness (QED) is 0.241. The van der Waals surface area contributed by atoms with E-state index >= 15 is 0 Å². The molecule has 1 atom stereocenters. The van der Waals surface area contributed by atoms with Crippen molar-refractivity contribution in [2.75, 3.05) is 16.2 Å². The molecule has 34 heavy (non-hydrogen) atoms. The van der Waals surface area contributed by atoms with E-state index in [1.165, 1.54) is 6.42 Å². The number of nitrogens with one attached hydrogen (secondary N) is 1. The Bertz CT molecular complexity index is 1050. The van der Waals surface area contributed by atoms with Gasteiger partial charge in [-0.3, -0.25) is 4.90 Å². The molecule has 1 N–H and O–H groups in total. The Morgan fingerprint density at radius 1 is 1.06 bits per heavy atom. The first-order valence-corrected chi connectivity index (χ1v) is 12.6. The Labute approximate surface area is 201 Å². The Morgan fingerprint density at radius 2 is 1.74 bits per heavy atom. The van der Waals surface area contributed by atoms with Gasteiger partial charge in [-0.15, -0.1) is 0 Å². The van der Waals surface area contributed by atoms with E-state index in [1.807, 2.05) is 19.1 Å². The minimum atomic E-state index is -1.38. The monoisotopic (exact) mass is 496 g/mol. The maximum absolute atomic E-state index is 14.2. The molecule has 9 heteroatoms. The molecular formula is C25H28F4N2O2S. The SMILES string of the molecule is CCCN1C(=O)OC(C2CCCCC2)c2cc(NSCc3c(F)c(F)c(C)c(F)c3F)ccc21. The number of ether oxygens (including phenoxy) is 1. The average molecular weight is 497 g/mol. The predicted octanol–water partition coefficient (Wildman–Crippen LogP) is 7.80. The minimum absolute atomic E-state index is 0.241. The molecular weight excluding hydrogens is 468 g/mol. The smallest absolute Gasteiger partial charge is 0.414 e. The molecule has 184 valence electrons. The van der Waals surface area contributed by atoms with Crippen molar-refractivity contribution in [3.8, 4) is 0 Å². The molecule has 2 aromatic carbocycles. The summed E-state index contributed by atoms with van der Waals surface area (Å²) in [7, 11) is 0. The van der Waals surface area contributed by atoms with Crippen molar-refractivity contribution in [3.63, 3.8) is 0 Å². The third-order valence-electron chi connectivity index (χ3n) is 6.58. The van der Waals surface area contributed by atoms with Crippen molar-refractivity contribution in [2.45, 2.75) is 64.2 Å². The van der Waals surface area contributed by atoms with E-state index in [0.717, 1.165) is 62.2 Å². The van der Waals surface area contributed by atoms with Gasteiger partial charge in [-0.05, 0) is 56.3 Å². The lowest BCUT2D eigenvalue weighted by Crippen LogP contribution is -2.40. The molecule has 1 unspecified atom stereocenters. The molecule has 1 aliphatic carbocycles. The molecule has 0 radical (unpaired) electrons. The fourth-order valence-corrected chi connectivity index (χ4v) is 5.52. The summed E-state index contributed by atoms with van der Waals surface area (Å²) in [6, 6.07) is 5.50. The molecule has 2 aliphatic rings. The first kappa shape index (κ1) is 24.7. The summed E-state index contributed by atoms with van der Waals surface area (Å²) < 4.78 is 65.0. The number of hydrogen-bond donors (Lipinski definition) is 1. The summed E-state index contributed by atoms with van der Waals surface area (Å²) in [6.07, 6.45) is 5.44. The summed E-state index contributed by atoms with van der Waals surface area (Å²) in [5.41, 5.74) is 1.03. The van der Waals surface area contributed by atoms with E-state index in [2.05, 4.69) is 4.72 Å². The zero-order chi connectivity index (χ0) is 24.4. The topological polar surface area (TPSA) is 41.6 Å². The standard InChI is InChI=1S/C25H28F4N2O2S/c1-3-11-31-19-10-9-16(12-17(19)24(33-25(31)32)15-7-5-4-6-8-15)30-34-13-18-22(28)20(26)14(2)21(27)23(18)29/h9-10,12,15,24,30H,3-8,11,13H2,1-2H3. The van der Waals surface area contributed by atoms with Crippen LogP contribution in [-0.2, 0) is 10.5 Å². The van der Waals surface area contributed by atoms with Gasteiger partial charge in [0.1, 0.15) is 6.10 Å². The number of carbonyl (C=O) groups excluding carboxylic acids is 1. The number of cyclic esters (lactones) is 1. The molecule has 1 saturated carbocycles. The van der Waals surface area contributed by atoms with Crippen LogP contribution in [0.1, 0.15) is 68.2 Å². The number of hydrogen-bond acceptors (Lipinski definition) is 4. The van der Waals surface area contributed by atoms with Crippen LogP contribution < -0.4 is 9.62 Å². The van der Waals surface area contributed by atoms with Crippen LogP contribution in [0, 0.1) is 36.1 Å². The lowest BCUT2D eigenvalue weighted by Gasteiger charge is -2.38. The number of carbonyl (C=O) groups is 1. The second-order valence-electron chi connectivity index (χ2n) is 8.88. The second-order valence-corrected chi connectivity index (χ2v) is 9.66. The summed E-state index contributed by atoms with van der Waals surface area (Å²) in [5, 5.41) is 0. The first-order chi connectivity index (χ1) is 16.3. The van der Waals surface area contributed by atoms with Gasteiger partial charge in [0, 0.05) is 40.6 Å². The Kier molecular flexibility index (Phi) is 7.60. The molecule has 1 amide bonds. The fraction of sp³-hybridized carbons (Fsp3) is 0.480. The molecule has 0 bridgehead atoms. The molecule has 4 rings (SSSR count). The number of benzene rings is 2. The summed E-state index contributed by atoms with van der Waals surface area (Å²) >= 11 is 0.925. The molecule has 0 spiro atoms. The molecule has 0 saturated heterocycles. The Hall–Kier alpha value is -2.42. The molecule has 1 fully saturated rings. The largest absolute Gasteiger partial charge is 0.441 e. The van der Waals surface area contributed by atoms with Crippen LogP contribution in [0.25, 0.3) is 0 Å². The third kappa shape index (κ3) is 4.72. The highest BCUT2D eigenvalue weighted by Gasteiger charge is 2.37. The summed E-state index contributed by atoms with van der Waals surface area (Å²) in [4.78, 5) is 14.3. The first-order valence-electron chi connectivity index (χ1n) is 11.6. The van der Waals surface area contributed by atoms with Gasteiger partial charge in [0.05, 0.1) is 5.69 Å². The van der Waals surface area contributed by atoms with Crippen LogP contribution in [0.2, 0.25) is 0 Å². The van der Waals surface area contributed by atoms with E-state index in [4.69, 9.17) is 4.74 Å². The van der Waals surface area contributed by atoms with E-state index in [9.17, 15) is 22.4 Å². The molecule has 1 aliphatic heterocycles. The maximum atomic E-state index is 14.2. The molecule has 0 aromatic heterocycles. The van der Waals surface area contributed by atoms with Crippen LogP contribution in [0.5, 0.6) is 0 Å². The highest BCUT2D eigenvalue weighted by molar-refractivity contribution is 7.99. The fourth-order valence-electron chi connectivity index (χ4n) is 4.75. The number of anilines is 2. The van der Waals surface area contributed by atoms with Gasteiger partial charge in [0.2, 0.25) is 0 Å². The van der Waals surface area contributed by atoms with Crippen LogP contribution in [0.4, 0.5) is 33.7 Å². The van der Waals surface area contributed by atoms with Crippen molar-refractivity contribution in [1.82, 2.24) is 0 Å². The van der Waals surface area contributed by atoms with Crippen molar-refractivity contribution in [1.29, 1.82) is 0 Å². The van der Waals surface area contributed by atoms with E-state index < -0.39 is 34.4 Å². The lowest BCUT2D eigenvalue weighted by molar-refractivity contribution is 0.0463. The molecule has 4 nitrogen and oxygen atoms in total. The highest BCUT2D eigenvalue weighted by atomic mass is 32.2. The van der Waals surface area contributed by atoms with Crippen molar-refractivity contribution in [3.05, 3.63) is 58.2 Å². The summed E-state index contributed by atoms with van der Waals surface area (Å²) in [6.45, 7) is 3.52. The Balaban J connectivity index is 1.56. The zero-order valence-electron chi connectivity index (χ0n) is 19.2. The maximum Gasteiger partial charge on any atom is 0.414 e. The minimum Gasteiger partial charge on any atom is -0.441 e. The third-order valence-corrected chi connectivity index (χ3v) is 7.39. The van der Waals surface area contributed by atoms with Gasteiger partial charge in [-0.25, -0.2) is 22.4 Å². The van der Waals surface area contributed by atoms with Crippen molar-refractivity contribution >= 4 is 29.4 Å². The van der Waals surface area contributed by atoms with Crippen molar-refractivity contribution < 1.29 is 27.1 Å². The highest BCUT2D eigenvalue weighted by Crippen LogP contribution is 2.45. The molecule has 1 heterocycles. The van der Waals surface area contributed by atoms with Crippen molar-refractivity contribution in [2.24, 2.45) is 5.92 Å². The van der Waals surface area contributed by atoms with Crippen LogP contribution in [0.15, 0.2) is 18.2 Å². The predicted molar refractivity (Wildman–Crippen MR) is 126 cm³/mol. The van der Waals surface area contributed by atoms with E-state index in [1.54, 1.807) is 11.0 Å². The van der Waals surface area contributed by atoms with Crippen LogP contribution >= 0.6 is 11.9 Å². The molecule has 2 aromatic rings. The van der Waals surface area contributed by atoms with Gasteiger partial charge < -0.3 is 9.46 Å². The van der Waals surface area contributed by atoms with Gasteiger partial charge >= 0.3 is 6.09 Å². The Morgan fingerprint density at radius 3 is 2.38 bits per heavy atom. The number of nitrogens with zero attached hydrogens (tertiary/aromatic N) is 1. The normalized spacial score (nSPS) is 18.6. The number of rotatable bonds is 7. The van der Waals surface area contributed by atoms with Crippen LogP contribution in [0.3, 0.4) is 0 Å². The zero-order valence-corrected chi connectivity index (χ0v) is 20.0. The van der Waals surface area contributed by atoms with Gasteiger partial charge in [-0.1, -0.05) is 26.2 Å². The van der Waals surface area contributed by atoms with E-state index in [-0.39, 0.29) is 23.9 Å².